The van der Waals surface area contributed by atoms with Gasteiger partial charge in [-0.25, -0.2) is 9.18 Å². The van der Waals surface area contributed by atoms with Crippen molar-refractivity contribution in [3.8, 4) is 0 Å². The van der Waals surface area contributed by atoms with E-state index in [1.165, 1.54) is 24.3 Å². The number of rotatable bonds is 9. The minimum Gasteiger partial charge on any atom is -0.444 e. The second-order valence-corrected chi connectivity index (χ2v) is 12.5. The molecule has 9 nitrogen and oxygen atoms in total. The third-order valence-corrected chi connectivity index (χ3v) is 8.00. The molecule has 0 bridgehead atoms. The third-order valence-electron chi connectivity index (χ3n) is 8.00. The van der Waals surface area contributed by atoms with Gasteiger partial charge >= 0.3 is 6.09 Å². The van der Waals surface area contributed by atoms with E-state index in [-0.39, 0.29) is 37.1 Å². The van der Waals surface area contributed by atoms with Crippen molar-refractivity contribution in [1.82, 2.24) is 10.1 Å². The normalized spacial score (nSPS) is 18.1. The number of halogens is 1. The van der Waals surface area contributed by atoms with E-state index in [4.69, 9.17) is 18.7 Å². The van der Waals surface area contributed by atoms with E-state index < -0.39 is 5.60 Å². The number of fused-ring (bicyclic) bond motifs is 1. The van der Waals surface area contributed by atoms with E-state index in [1.807, 2.05) is 32.9 Å². The number of hydrogen-bond donors (Lipinski definition) is 1. The van der Waals surface area contributed by atoms with Gasteiger partial charge in [0.1, 0.15) is 11.4 Å². The number of likely N-dealkylation sites (tertiary alicyclic amines) is 1. The van der Waals surface area contributed by atoms with Crippen LogP contribution in [0.4, 0.5) is 14.9 Å². The number of benzene rings is 2. The first kappa shape index (κ1) is 30.9. The molecule has 2 aliphatic rings. The van der Waals surface area contributed by atoms with Crippen molar-refractivity contribution in [3.05, 3.63) is 59.0 Å². The van der Waals surface area contributed by atoms with Crippen molar-refractivity contribution in [2.45, 2.75) is 90.6 Å². The second-order valence-electron chi connectivity index (χ2n) is 12.5. The van der Waals surface area contributed by atoms with E-state index in [0.29, 0.717) is 36.9 Å². The number of nitrogens with zero attached hydrogens (tertiary/aromatic N) is 2. The molecule has 1 atom stereocenters. The van der Waals surface area contributed by atoms with Crippen molar-refractivity contribution in [1.29, 1.82) is 0 Å². The van der Waals surface area contributed by atoms with Crippen LogP contribution in [-0.4, -0.2) is 53.6 Å². The molecule has 232 valence electrons. The van der Waals surface area contributed by atoms with Crippen LogP contribution in [0.3, 0.4) is 0 Å². The zero-order valence-corrected chi connectivity index (χ0v) is 25.3. The predicted octanol–water partition coefficient (Wildman–Crippen LogP) is 6.77. The molecule has 2 amide bonds. The number of aromatic nitrogens is 1. The number of piperidine rings is 1. The summed E-state index contributed by atoms with van der Waals surface area (Å²) in [6.07, 6.45) is 5.98. The first-order chi connectivity index (χ1) is 20.6. The van der Waals surface area contributed by atoms with Gasteiger partial charge in [0, 0.05) is 36.3 Å². The van der Waals surface area contributed by atoms with Gasteiger partial charge in [0.25, 0.3) is 0 Å². The Kier molecular flexibility index (Phi) is 9.97. The van der Waals surface area contributed by atoms with Gasteiger partial charge in [-0.1, -0.05) is 11.2 Å². The standard InChI is InChI=1S/C33H42FN3O6/c1-33(2,3)42-32(39)37-17-15-22(16-18-37)7-14-28-26-13-8-23(20-29(38)35-25-11-9-24(34)10-12-25)27(31(26)43-36-28)21-41-30-6-4-5-19-40-30/h8-13,22,30H,4-7,14-21H2,1-3H3,(H,35,38). The van der Waals surface area contributed by atoms with E-state index in [9.17, 15) is 14.0 Å². The summed E-state index contributed by atoms with van der Waals surface area (Å²) in [4.78, 5) is 27.1. The molecule has 1 unspecified atom stereocenters. The first-order valence-electron chi connectivity index (χ1n) is 15.3. The van der Waals surface area contributed by atoms with Crippen LogP contribution in [0.2, 0.25) is 0 Å². The number of amides is 2. The Morgan fingerprint density at radius 1 is 1.07 bits per heavy atom. The highest BCUT2D eigenvalue weighted by Crippen LogP contribution is 2.31. The summed E-state index contributed by atoms with van der Waals surface area (Å²) >= 11 is 0. The van der Waals surface area contributed by atoms with Gasteiger partial charge in [0.15, 0.2) is 11.9 Å². The molecule has 1 aromatic heterocycles. The van der Waals surface area contributed by atoms with Crippen molar-refractivity contribution in [2.24, 2.45) is 5.92 Å². The van der Waals surface area contributed by atoms with Crippen LogP contribution in [0, 0.1) is 11.7 Å². The fourth-order valence-corrected chi connectivity index (χ4v) is 5.66. The van der Waals surface area contributed by atoms with Gasteiger partial charge in [0.05, 0.1) is 18.7 Å². The molecule has 2 aliphatic heterocycles. The maximum Gasteiger partial charge on any atom is 0.410 e. The number of carbonyl (C=O) groups excluding carboxylic acids is 2. The average molecular weight is 596 g/mol. The lowest BCUT2D eigenvalue weighted by Crippen LogP contribution is -2.41. The summed E-state index contributed by atoms with van der Waals surface area (Å²) in [5, 5.41) is 8.18. The molecule has 2 fully saturated rings. The Hall–Kier alpha value is -3.50. The molecule has 2 aromatic carbocycles. The summed E-state index contributed by atoms with van der Waals surface area (Å²) in [5.74, 6) is -0.107. The molecule has 2 saturated heterocycles. The van der Waals surface area contributed by atoms with E-state index in [1.54, 1.807) is 4.90 Å². The van der Waals surface area contributed by atoms with Crippen molar-refractivity contribution in [2.75, 3.05) is 25.0 Å². The van der Waals surface area contributed by atoms with Crippen LogP contribution in [-0.2, 0) is 38.5 Å². The minimum atomic E-state index is -0.498. The fourth-order valence-electron chi connectivity index (χ4n) is 5.66. The Morgan fingerprint density at radius 2 is 1.84 bits per heavy atom. The molecule has 1 N–H and O–H groups in total. The van der Waals surface area contributed by atoms with Crippen LogP contribution in [0.15, 0.2) is 40.9 Å². The minimum absolute atomic E-state index is 0.101. The lowest BCUT2D eigenvalue weighted by atomic mass is 9.91. The maximum atomic E-state index is 13.3. The summed E-state index contributed by atoms with van der Waals surface area (Å²) in [5.41, 5.74) is 3.09. The number of aryl methyl sites for hydroxylation is 1. The smallest absolute Gasteiger partial charge is 0.410 e. The number of ether oxygens (including phenoxy) is 3. The molecule has 5 rings (SSSR count). The SMILES string of the molecule is CC(C)(C)OC(=O)N1CCC(CCc2noc3c(COC4CCCCO4)c(CC(=O)Nc4ccc(F)cc4)ccc23)CC1. The van der Waals surface area contributed by atoms with E-state index in [0.717, 1.165) is 67.2 Å². The van der Waals surface area contributed by atoms with Gasteiger partial charge in [-0.15, -0.1) is 0 Å². The molecule has 3 heterocycles. The lowest BCUT2D eigenvalue weighted by molar-refractivity contribution is -0.168. The van der Waals surface area contributed by atoms with Crippen molar-refractivity contribution >= 4 is 28.7 Å². The first-order valence-corrected chi connectivity index (χ1v) is 15.3. The molecule has 3 aromatic rings. The summed E-state index contributed by atoms with van der Waals surface area (Å²) in [7, 11) is 0. The predicted molar refractivity (Wildman–Crippen MR) is 160 cm³/mol. The summed E-state index contributed by atoms with van der Waals surface area (Å²) in [6.45, 7) is 7.93. The average Bonchev–Trinajstić information content (AvgIpc) is 3.39. The monoisotopic (exact) mass is 595 g/mol. The number of carbonyl (C=O) groups is 2. The molecule has 0 radical (unpaired) electrons. The fraction of sp³-hybridized carbons (Fsp3) is 0.545. The van der Waals surface area contributed by atoms with Crippen LogP contribution in [0.1, 0.15) is 76.1 Å². The Bertz CT molecular complexity index is 1390. The Labute approximate surface area is 252 Å². The molecule has 10 heteroatoms. The molecule has 0 aliphatic carbocycles. The largest absolute Gasteiger partial charge is 0.444 e. The highest BCUT2D eigenvalue weighted by atomic mass is 19.1. The molecule has 0 saturated carbocycles. The number of nitrogens with one attached hydrogen (secondary N) is 1. The van der Waals surface area contributed by atoms with Gasteiger partial charge in [-0.05, 0) is 108 Å². The second kappa shape index (κ2) is 13.9. The van der Waals surface area contributed by atoms with Gasteiger partial charge in [0.2, 0.25) is 5.91 Å². The maximum absolute atomic E-state index is 13.3. The van der Waals surface area contributed by atoms with E-state index >= 15 is 0 Å². The van der Waals surface area contributed by atoms with Crippen LogP contribution in [0.25, 0.3) is 11.0 Å². The molecule has 43 heavy (non-hydrogen) atoms. The highest BCUT2D eigenvalue weighted by Gasteiger charge is 2.27. The quantitative estimate of drug-likeness (QED) is 0.291. The molecule has 0 spiro atoms. The zero-order chi connectivity index (χ0) is 30.4. The van der Waals surface area contributed by atoms with Gasteiger partial charge in [-0.3, -0.25) is 4.79 Å². The number of hydrogen-bond acceptors (Lipinski definition) is 7. The third kappa shape index (κ3) is 8.54. The number of anilines is 1. The van der Waals surface area contributed by atoms with E-state index in [2.05, 4.69) is 10.5 Å². The van der Waals surface area contributed by atoms with Crippen LogP contribution in [0.5, 0.6) is 0 Å². The van der Waals surface area contributed by atoms with Gasteiger partial charge < -0.3 is 29.0 Å². The molecular formula is C33H42FN3O6. The zero-order valence-electron chi connectivity index (χ0n) is 25.3. The Balaban J connectivity index is 1.25. The lowest BCUT2D eigenvalue weighted by Gasteiger charge is -2.33. The van der Waals surface area contributed by atoms with Crippen LogP contribution < -0.4 is 5.32 Å². The Morgan fingerprint density at radius 3 is 2.53 bits per heavy atom. The molecular weight excluding hydrogens is 553 g/mol. The highest BCUT2D eigenvalue weighted by molar-refractivity contribution is 5.93. The van der Waals surface area contributed by atoms with Crippen molar-refractivity contribution in [3.63, 3.8) is 0 Å². The van der Waals surface area contributed by atoms with Gasteiger partial charge in [-0.2, -0.15) is 0 Å². The summed E-state index contributed by atoms with van der Waals surface area (Å²) in [6, 6.07) is 9.59. The van der Waals surface area contributed by atoms with Crippen molar-refractivity contribution < 1.29 is 32.7 Å². The topological polar surface area (TPSA) is 103 Å². The summed E-state index contributed by atoms with van der Waals surface area (Å²) < 4.78 is 36.6. The van der Waals surface area contributed by atoms with Crippen LogP contribution >= 0.6 is 0 Å².